The van der Waals surface area contributed by atoms with Crippen molar-refractivity contribution in [3.8, 4) is 28.1 Å². The molecule has 0 saturated heterocycles. The second-order valence-electron chi connectivity index (χ2n) is 10.6. The lowest BCUT2D eigenvalue weighted by Gasteiger charge is -2.36. The van der Waals surface area contributed by atoms with E-state index >= 15 is 0 Å². The van der Waals surface area contributed by atoms with Gasteiger partial charge in [0.15, 0.2) is 8.07 Å². The molecule has 0 aliphatic carbocycles. The van der Waals surface area contributed by atoms with Gasteiger partial charge in [-0.2, -0.15) is 0 Å². The summed E-state index contributed by atoms with van der Waals surface area (Å²) in [4.78, 5) is 0. The molecule has 200 valence electrons. The molecule has 0 fully saturated rings. The fourth-order valence-corrected chi connectivity index (χ4v) is 11.6. The van der Waals surface area contributed by atoms with Crippen LogP contribution in [0.15, 0.2) is 188 Å². The molecule has 0 unspecified atom stereocenters. The number of para-hydroxylation sites is 1. The Hall–Kier alpha value is -5.18. The third kappa shape index (κ3) is 4.43. The molecule has 6 aromatic carbocycles. The lowest BCUT2D eigenvalue weighted by Crippen LogP contribution is -2.75. The first-order valence-corrected chi connectivity index (χ1v) is 16.5. The number of hydrogen-bond acceptors (Lipinski definition) is 0. The number of aromatic nitrogens is 1. The van der Waals surface area contributed by atoms with Crippen molar-refractivity contribution in [2.24, 2.45) is 0 Å². The first-order valence-electron chi connectivity index (χ1n) is 14.5. The van der Waals surface area contributed by atoms with Crippen LogP contribution in [0.5, 0.6) is 0 Å². The summed E-state index contributed by atoms with van der Waals surface area (Å²) >= 11 is 0. The van der Waals surface area contributed by atoms with E-state index in [0.717, 1.165) is 5.69 Å². The van der Waals surface area contributed by atoms with Gasteiger partial charge in [-0.25, -0.2) is 0 Å². The van der Waals surface area contributed by atoms with Crippen LogP contribution in [-0.4, -0.2) is 12.6 Å². The molecule has 0 N–H and O–H groups in total. The Morgan fingerprint density at radius 3 is 1.14 bits per heavy atom. The summed E-state index contributed by atoms with van der Waals surface area (Å²) in [5.74, 6) is 0. The lowest BCUT2D eigenvalue weighted by molar-refractivity contribution is 1.09. The van der Waals surface area contributed by atoms with Gasteiger partial charge in [0.25, 0.3) is 0 Å². The summed E-state index contributed by atoms with van der Waals surface area (Å²) in [7, 11) is -2.89. The van der Waals surface area contributed by atoms with E-state index in [-0.39, 0.29) is 0 Å². The highest BCUT2D eigenvalue weighted by atomic mass is 28.3. The highest BCUT2D eigenvalue weighted by Gasteiger charge is 2.46. The van der Waals surface area contributed by atoms with E-state index in [2.05, 4.69) is 193 Å². The maximum atomic E-state index is 2.42. The molecule has 0 radical (unpaired) electrons. The largest absolute Gasteiger partial charge is 0.316 e. The average molecular weight is 554 g/mol. The van der Waals surface area contributed by atoms with Crippen LogP contribution in [0.4, 0.5) is 0 Å². The molecule has 1 nitrogen and oxygen atoms in total. The van der Waals surface area contributed by atoms with Crippen molar-refractivity contribution in [1.29, 1.82) is 0 Å². The van der Waals surface area contributed by atoms with Gasteiger partial charge in [-0.3, -0.25) is 0 Å². The van der Waals surface area contributed by atoms with Gasteiger partial charge in [0.05, 0.1) is 5.69 Å². The predicted octanol–water partition coefficient (Wildman–Crippen LogP) is 7.19. The second-order valence-corrected chi connectivity index (χ2v) is 14.3. The quantitative estimate of drug-likeness (QED) is 0.145. The molecule has 0 saturated carbocycles. The van der Waals surface area contributed by atoms with Crippen molar-refractivity contribution in [3.05, 3.63) is 188 Å². The molecule has 0 aliphatic rings. The van der Waals surface area contributed by atoms with Gasteiger partial charge in [0.2, 0.25) is 0 Å². The Balaban J connectivity index is 1.74. The van der Waals surface area contributed by atoms with Crippen molar-refractivity contribution in [3.63, 3.8) is 0 Å². The zero-order valence-electron chi connectivity index (χ0n) is 23.3. The molecule has 0 aliphatic heterocycles. The van der Waals surface area contributed by atoms with Crippen LogP contribution in [0.1, 0.15) is 0 Å². The van der Waals surface area contributed by atoms with Crippen LogP contribution >= 0.6 is 0 Å². The zero-order valence-corrected chi connectivity index (χ0v) is 24.3. The van der Waals surface area contributed by atoms with E-state index in [0.29, 0.717) is 0 Å². The van der Waals surface area contributed by atoms with Crippen LogP contribution in [0.25, 0.3) is 28.1 Å². The minimum atomic E-state index is -2.89. The van der Waals surface area contributed by atoms with Gasteiger partial charge < -0.3 is 4.57 Å². The van der Waals surface area contributed by atoms with Gasteiger partial charge in [-0.15, -0.1) is 0 Å². The molecule has 0 atom stereocenters. The summed E-state index contributed by atoms with van der Waals surface area (Å²) in [6.07, 6.45) is 2.37. The molecule has 2 heteroatoms. The maximum absolute atomic E-state index is 2.89. The summed E-state index contributed by atoms with van der Waals surface area (Å²) in [5.41, 5.74) is 6.08. The van der Waals surface area contributed by atoms with Crippen LogP contribution in [-0.2, 0) is 0 Å². The molecular formula is C40H31NSi. The van der Waals surface area contributed by atoms with E-state index in [1.54, 1.807) is 0 Å². The number of rotatable bonds is 7. The third-order valence-corrected chi connectivity index (χ3v) is 13.0. The van der Waals surface area contributed by atoms with Gasteiger partial charge in [0.1, 0.15) is 0 Å². The number of nitrogens with zero attached hydrogens (tertiary/aromatic N) is 1. The highest BCUT2D eigenvalue weighted by Crippen LogP contribution is 2.32. The normalized spacial score (nSPS) is 11.3. The maximum Gasteiger partial charge on any atom is 0.182 e. The first-order chi connectivity index (χ1) is 20.9. The Morgan fingerprint density at radius 1 is 0.357 bits per heavy atom. The first kappa shape index (κ1) is 25.8. The van der Waals surface area contributed by atoms with E-state index in [9.17, 15) is 0 Å². The Kier molecular flexibility index (Phi) is 6.97. The van der Waals surface area contributed by atoms with Gasteiger partial charge in [-0.1, -0.05) is 170 Å². The van der Waals surface area contributed by atoms with Crippen LogP contribution in [0.3, 0.4) is 0 Å². The third-order valence-electron chi connectivity index (χ3n) is 8.17. The molecule has 1 heterocycles. The topological polar surface area (TPSA) is 4.93 Å². The lowest BCUT2D eigenvalue weighted by atomic mass is 10.1. The van der Waals surface area contributed by atoms with Gasteiger partial charge in [-0.05, 0) is 44.0 Å². The fourth-order valence-electron chi connectivity index (χ4n) is 6.39. The highest BCUT2D eigenvalue weighted by molar-refractivity contribution is 7.21. The molecular weight excluding hydrogens is 523 g/mol. The monoisotopic (exact) mass is 553 g/mol. The van der Waals surface area contributed by atoms with E-state index in [1.165, 1.54) is 43.1 Å². The van der Waals surface area contributed by atoms with E-state index < -0.39 is 8.07 Å². The second kappa shape index (κ2) is 11.4. The molecule has 7 rings (SSSR count). The van der Waals surface area contributed by atoms with Gasteiger partial charge in [0, 0.05) is 17.4 Å². The van der Waals surface area contributed by atoms with Crippen molar-refractivity contribution in [2.75, 3.05) is 0 Å². The summed E-state index contributed by atoms with van der Waals surface area (Å²) in [5, 5.41) is 5.49. The molecule has 0 amide bonds. The fraction of sp³-hybridized carbons (Fsp3) is 0. The van der Waals surface area contributed by atoms with E-state index in [4.69, 9.17) is 0 Å². The summed E-state index contributed by atoms with van der Waals surface area (Å²) < 4.78 is 2.42. The Bertz CT molecular complexity index is 1780. The predicted molar refractivity (Wildman–Crippen MR) is 180 cm³/mol. The number of benzene rings is 6. The Morgan fingerprint density at radius 2 is 0.714 bits per heavy atom. The van der Waals surface area contributed by atoms with Crippen molar-refractivity contribution in [1.82, 2.24) is 4.57 Å². The Labute approximate surface area is 249 Å². The summed E-state index contributed by atoms with van der Waals surface area (Å²) in [6.45, 7) is 0. The average Bonchev–Trinajstić information content (AvgIpc) is 3.49. The molecule has 1 aromatic heterocycles. The smallest absolute Gasteiger partial charge is 0.182 e. The zero-order chi connectivity index (χ0) is 28.2. The van der Waals surface area contributed by atoms with Gasteiger partial charge >= 0.3 is 0 Å². The molecule has 0 spiro atoms. The van der Waals surface area contributed by atoms with Crippen molar-refractivity contribution < 1.29 is 0 Å². The van der Waals surface area contributed by atoms with Crippen molar-refractivity contribution in [2.45, 2.75) is 0 Å². The number of hydrogen-bond donors (Lipinski definition) is 0. The van der Waals surface area contributed by atoms with E-state index in [1.807, 2.05) is 0 Å². The summed E-state index contributed by atoms with van der Waals surface area (Å²) in [6, 6.07) is 66.2. The molecule has 42 heavy (non-hydrogen) atoms. The SMILES string of the molecule is c1ccc(-c2cn(-c3ccccc3)c(-c3ccccc3)c2[Si](c2ccccc2)(c2ccccc2)c2ccccc2)cc1. The van der Waals surface area contributed by atoms with Crippen LogP contribution < -0.4 is 20.7 Å². The van der Waals surface area contributed by atoms with Crippen LogP contribution in [0, 0.1) is 0 Å². The molecule has 7 aromatic rings. The van der Waals surface area contributed by atoms with Crippen LogP contribution in [0.2, 0.25) is 0 Å². The molecule has 0 bridgehead atoms. The minimum Gasteiger partial charge on any atom is -0.316 e. The standard InChI is InChI=1S/C40H31NSi/c1-7-19-32(20-8-1)38-31-41(34-23-11-3-12-24-34)39(33-21-9-2-10-22-33)40(38)42(35-25-13-4-14-26-35,36-27-15-5-16-28-36)37-29-17-6-18-30-37/h1-31H. The van der Waals surface area contributed by atoms with Crippen molar-refractivity contribution >= 4 is 28.8 Å². The minimum absolute atomic E-state index is 1.15.